The maximum atomic E-state index is 4.66. The van der Waals surface area contributed by atoms with Gasteiger partial charge in [0.2, 0.25) is 0 Å². The Kier molecular flexibility index (Phi) is 4.97. The molecule has 27 heavy (non-hydrogen) atoms. The van der Waals surface area contributed by atoms with E-state index in [1.54, 1.807) is 41.8 Å². The molecule has 4 aromatic heterocycles. The van der Waals surface area contributed by atoms with Gasteiger partial charge in [0.1, 0.15) is 18.3 Å². The van der Waals surface area contributed by atoms with Gasteiger partial charge >= 0.3 is 0 Å². The van der Waals surface area contributed by atoms with Gasteiger partial charge in [-0.1, -0.05) is 13.3 Å². The van der Waals surface area contributed by atoms with E-state index in [1.807, 2.05) is 23.9 Å². The highest BCUT2D eigenvalue weighted by Gasteiger charge is 2.17. The SMILES string of the molecule is CCCc1c(Cc2scnc2-c2ncccc2C=NC)ncn2ncnc12. The predicted octanol–water partition coefficient (Wildman–Crippen LogP) is 3.23. The van der Waals surface area contributed by atoms with Gasteiger partial charge in [-0.15, -0.1) is 11.3 Å². The van der Waals surface area contributed by atoms with Crippen LogP contribution in [0.5, 0.6) is 0 Å². The topological polar surface area (TPSA) is 81.2 Å². The molecule has 136 valence electrons. The molecule has 0 unspecified atom stereocenters. The third-order valence-corrected chi connectivity index (χ3v) is 5.15. The summed E-state index contributed by atoms with van der Waals surface area (Å²) in [7, 11) is 1.76. The van der Waals surface area contributed by atoms with Gasteiger partial charge in [-0.3, -0.25) is 9.98 Å². The number of thiazole rings is 1. The summed E-state index contributed by atoms with van der Waals surface area (Å²) >= 11 is 1.62. The largest absolute Gasteiger partial charge is 0.296 e. The van der Waals surface area contributed by atoms with Crippen LogP contribution >= 0.6 is 11.3 Å². The van der Waals surface area contributed by atoms with Gasteiger partial charge in [0.15, 0.2) is 5.65 Å². The Balaban J connectivity index is 1.77. The summed E-state index contributed by atoms with van der Waals surface area (Å²) in [6.45, 7) is 2.16. The van der Waals surface area contributed by atoms with E-state index in [9.17, 15) is 0 Å². The molecule has 0 saturated carbocycles. The molecule has 0 spiro atoms. The van der Waals surface area contributed by atoms with Crippen molar-refractivity contribution in [2.45, 2.75) is 26.2 Å². The van der Waals surface area contributed by atoms with Crippen molar-refractivity contribution in [3.05, 3.63) is 58.2 Å². The summed E-state index contributed by atoms with van der Waals surface area (Å²) in [6, 6.07) is 3.91. The van der Waals surface area contributed by atoms with E-state index >= 15 is 0 Å². The molecule has 0 saturated heterocycles. The average Bonchev–Trinajstić information content (AvgIpc) is 3.34. The van der Waals surface area contributed by atoms with Crippen LogP contribution in [0.25, 0.3) is 17.0 Å². The number of hydrogen-bond donors (Lipinski definition) is 0. The third-order valence-electron chi connectivity index (χ3n) is 4.31. The first kappa shape index (κ1) is 17.4. The number of pyridine rings is 1. The van der Waals surface area contributed by atoms with Gasteiger partial charge in [-0.25, -0.2) is 19.5 Å². The lowest BCUT2D eigenvalue weighted by atomic mass is 10.0. The van der Waals surface area contributed by atoms with Crippen LogP contribution in [0.4, 0.5) is 0 Å². The van der Waals surface area contributed by atoms with E-state index < -0.39 is 0 Å². The lowest BCUT2D eigenvalue weighted by Gasteiger charge is -2.09. The fraction of sp³-hybridized carbons (Fsp3) is 0.263. The molecule has 0 bridgehead atoms. The summed E-state index contributed by atoms with van der Waals surface area (Å²) in [5.41, 5.74) is 7.60. The van der Waals surface area contributed by atoms with Crippen LogP contribution in [0.1, 0.15) is 35.0 Å². The molecular formula is C19H19N7S. The molecule has 0 aliphatic rings. The quantitative estimate of drug-likeness (QED) is 0.482. The number of hydrogen-bond acceptors (Lipinski definition) is 7. The molecule has 0 amide bonds. The van der Waals surface area contributed by atoms with Crippen LogP contribution in [0.15, 0.2) is 41.5 Å². The predicted molar refractivity (Wildman–Crippen MR) is 106 cm³/mol. The van der Waals surface area contributed by atoms with Gasteiger partial charge in [-0.2, -0.15) is 5.10 Å². The van der Waals surface area contributed by atoms with Crippen molar-refractivity contribution < 1.29 is 0 Å². The first-order valence-corrected chi connectivity index (χ1v) is 9.65. The second kappa shape index (κ2) is 7.71. The number of aryl methyl sites for hydroxylation is 1. The van der Waals surface area contributed by atoms with Crippen molar-refractivity contribution >= 4 is 23.2 Å². The van der Waals surface area contributed by atoms with E-state index in [0.29, 0.717) is 6.42 Å². The minimum Gasteiger partial charge on any atom is -0.296 e. The molecule has 0 aliphatic heterocycles. The Morgan fingerprint density at radius 1 is 1.19 bits per heavy atom. The number of rotatable bonds is 6. The number of fused-ring (bicyclic) bond motifs is 1. The minimum atomic E-state index is 0.692. The Morgan fingerprint density at radius 3 is 2.96 bits per heavy atom. The van der Waals surface area contributed by atoms with Crippen molar-refractivity contribution in [2.24, 2.45) is 4.99 Å². The molecule has 0 fully saturated rings. The molecule has 0 aliphatic carbocycles. The van der Waals surface area contributed by atoms with E-state index in [-0.39, 0.29) is 0 Å². The van der Waals surface area contributed by atoms with E-state index in [4.69, 9.17) is 0 Å². The highest BCUT2D eigenvalue weighted by Crippen LogP contribution is 2.29. The monoisotopic (exact) mass is 377 g/mol. The lowest BCUT2D eigenvalue weighted by molar-refractivity contribution is 0.839. The van der Waals surface area contributed by atoms with Crippen molar-refractivity contribution in [1.29, 1.82) is 0 Å². The van der Waals surface area contributed by atoms with Crippen LogP contribution in [-0.4, -0.2) is 42.8 Å². The number of aliphatic imine (C=N–C) groups is 1. The molecule has 8 heteroatoms. The summed E-state index contributed by atoms with van der Waals surface area (Å²) in [6.07, 6.45) is 9.53. The maximum absolute atomic E-state index is 4.66. The van der Waals surface area contributed by atoms with Crippen LogP contribution < -0.4 is 0 Å². The normalized spacial score (nSPS) is 11.6. The summed E-state index contributed by atoms with van der Waals surface area (Å²) in [5, 5.41) is 4.21. The van der Waals surface area contributed by atoms with E-state index in [2.05, 4.69) is 37.0 Å². The Morgan fingerprint density at radius 2 is 2.11 bits per heavy atom. The summed E-state index contributed by atoms with van der Waals surface area (Å²) in [5.74, 6) is 0. The van der Waals surface area contributed by atoms with Crippen LogP contribution in [0.2, 0.25) is 0 Å². The summed E-state index contributed by atoms with van der Waals surface area (Å²) in [4.78, 5) is 23.5. The smallest absolute Gasteiger partial charge is 0.162 e. The minimum absolute atomic E-state index is 0.692. The van der Waals surface area contributed by atoms with Gasteiger partial charge < -0.3 is 0 Å². The van der Waals surface area contributed by atoms with Gasteiger partial charge in [0.25, 0.3) is 0 Å². The molecule has 0 aromatic carbocycles. The molecule has 0 atom stereocenters. The first-order valence-electron chi connectivity index (χ1n) is 8.77. The van der Waals surface area contributed by atoms with Crippen molar-refractivity contribution in [2.75, 3.05) is 7.05 Å². The number of aromatic nitrogens is 6. The second-order valence-corrected chi connectivity index (χ2v) is 7.02. The third kappa shape index (κ3) is 3.35. The van der Waals surface area contributed by atoms with Crippen LogP contribution in [-0.2, 0) is 12.8 Å². The molecule has 4 rings (SSSR count). The molecule has 7 nitrogen and oxygen atoms in total. The standard InChI is InChI=1S/C19H19N7S/c1-3-5-14-15(23-11-26-19(14)22-10-25-26)8-16-18(24-12-27-16)17-13(9-20-2)6-4-7-21-17/h4,6-7,9-12H,3,5,8H2,1-2H3. The zero-order valence-corrected chi connectivity index (χ0v) is 16.0. The maximum Gasteiger partial charge on any atom is 0.162 e. The zero-order valence-electron chi connectivity index (χ0n) is 15.2. The fourth-order valence-electron chi connectivity index (χ4n) is 3.14. The average molecular weight is 377 g/mol. The zero-order chi connectivity index (χ0) is 18.6. The van der Waals surface area contributed by atoms with Crippen LogP contribution in [0, 0.1) is 0 Å². The molecule has 0 radical (unpaired) electrons. The van der Waals surface area contributed by atoms with Crippen molar-refractivity contribution in [3.8, 4) is 11.4 Å². The Bertz CT molecular complexity index is 1100. The molecule has 4 heterocycles. The molecule has 4 aromatic rings. The highest BCUT2D eigenvalue weighted by atomic mass is 32.1. The lowest BCUT2D eigenvalue weighted by Crippen LogP contribution is -2.05. The fourth-order valence-corrected chi connectivity index (χ4v) is 3.91. The highest BCUT2D eigenvalue weighted by molar-refractivity contribution is 7.10. The van der Waals surface area contributed by atoms with Gasteiger partial charge in [0.05, 0.1) is 16.9 Å². The van der Waals surface area contributed by atoms with Crippen molar-refractivity contribution in [1.82, 2.24) is 29.5 Å². The van der Waals surface area contributed by atoms with Gasteiger partial charge in [-0.05, 0) is 18.6 Å². The molecular weight excluding hydrogens is 358 g/mol. The van der Waals surface area contributed by atoms with E-state index in [1.165, 1.54) is 0 Å². The van der Waals surface area contributed by atoms with Crippen LogP contribution in [0.3, 0.4) is 0 Å². The second-order valence-electron chi connectivity index (χ2n) is 6.08. The van der Waals surface area contributed by atoms with Crippen molar-refractivity contribution in [3.63, 3.8) is 0 Å². The summed E-state index contributed by atoms with van der Waals surface area (Å²) < 4.78 is 1.73. The molecule has 0 N–H and O–H groups in total. The number of nitrogens with zero attached hydrogens (tertiary/aromatic N) is 7. The van der Waals surface area contributed by atoms with E-state index in [0.717, 1.165) is 51.6 Å². The first-order chi connectivity index (χ1) is 13.3. The Labute approximate surface area is 160 Å². The van der Waals surface area contributed by atoms with Gasteiger partial charge in [0, 0.05) is 41.9 Å². The Hall–Kier alpha value is -3.00.